The van der Waals surface area contributed by atoms with Crippen molar-refractivity contribution in [3.63, 3.8) is 0 Å². The molecule has 1 aliphatic carbocycles. The lowest BCUT2D eigenvalue weighted by Gasteiger charge is -2.29. The van der Waals surface area contributed by atoms with Crippen LogP contribution in [0.1, 0.15) is 26.7 Å². The summed E-state index contributed by atoms with van der Waals surface area (Å²) in [7, 11) is 2.09. The van der Waals surface area contributed by atoms with E-state index in [4.69, 9.17) is 5.11 Å². The van der Waals surface area contributed by atoms with Gasteiger partial charge in [0.25, 0.3) is 0 Å². The molecule has 68 valence electrons. The van der Waals surface area contributed by atoms with Crippen LogP contribution in [0.3, 0.4) is 0 Å². The maximum Gasteiger partial charge on any atom is 0.0615 e. The Hall–Kier alpha value is 0.210. The quantitative estimate of drug-likeness (QED) is 0.706. The van der Waals surface area contributed by atoms with Gasteiger partial charge >= 0.3 is 0 Å². The number of hydrogen-bond donors (Lipinski definition) is 1. The van der Waals surface area contributed by atoms with Crippen molar-refractivity contribution in [3.8, 4) is 0 Å². The highest BCUT2D eigenvalue weighted by atomic mass is 35.5. The van der Waals surface area contributed by atoms with Gasteiger partial charge in [0.15, 0.2) is 0 Å². The van der Waals surface area contributed by atoms with E-state index in [0.29, 0.717) is 12.6 Å². The summed E-state index contributed by atoms with van der Waals surface area (Å²) in [5, 5.41) is 9.03. The summed E-state index contributed by atoms with van der Waals surface area (Å²) in [4.78, 5) is 2.27. The highest BCUT2D eigenvalue weighted by Gasteiger charge is 2.46. The molecule has 0 spiro atoms. The largest absolute Gasteiger partial charge is 0.394 e. The lowest BCUT2D eigenvalue weighted by Crippen LogP contribution is -2.41. The second kappa shape index (κ2) is 3.74. The molecule has 0 aromatic carbocycles. The van der Waals surface area contributed by atoms with Gasteiger partial charge in [0.2, 0.25) is 0 Å². The van der Waals surface area contributed by atoms with E-state index in [1.807, 2.05) is 0 Å². The predicted molar refractivity (Wildman–Crippen MR) is 49.2 cm³/mol. The minimum absolute atomic E-state index is 0. The number of halogens is 1. The molecule has 0 aliphatic heterocycles. The molecular weight excluding hydrogens is 162 g/mol. The van der Waals surface area contributed by atoms with Crippen molar-refractivity contribution in [2.45, 2.75) is 38.3 Å². The Morgan fingerprint density at radius 2 is 1.91 bits per heavy atom. The Labute approximate surface area is 75.0 Å². The summed E-state index contributed by atoms with van der Waals surface area (Å²) in [5.41, 5.74) is 0.161. The summed E-state index contributed by atoms with van der Waals surface area (Å²) < 4.78 is 0. The Kier molecular flexibility index (Phi) is 3.82. The number of likely N-dealkylation sites (N-methyl/N-ethyl adjacent to an activating group) is 1. The van der Waals surface area contributed by atoms with Gasteiger partial charge in [-0.05, 0) is 33.7 Å². The van der Waals surface area contributed by atoms with E-state index in [1.165, 1.54) is 0 Å². The SMILES string of the molecule is CC(C)N(C)C1(CO)CC1.Cl. The van der Waals surface area contributed by atoms with Gasteiger partial charge in [0.1, 0.15) is 0 Å². The van der Waals surface area contributed by atoms with Crippen molar-refractivity contribution in [3.05, 3.63) is 0 Å². The molecule has 11 heavy (non-hydrogen) atoms. The molecule has 3 heteroatoms. The number of rotatable bonds is 3. The molecule has 0 aromatic heterocycles. The lowest BCUT2D eigenvalue weighted by molar-refractivity contribution is 0.104. The van der Waals surface area contributed by atoms with E-state index in [-0.39, 0.29) is 17.9 Å². The molecule has 0 atom stereocenters. The molecule has 1 saturated carbocycles. The fourth-order valence-electron chi connectivity index (χ4n) is 1.31. The van der Waals surface area contributed by atoms with E-state index >= 15 is 0 Å². The van der Waals surface area contributed by atoms with Gasteiger partial charge in [0, 0.05) is 11.6 Å². The van der Waals surface area contributed by atoms with Gasteiger partial charge in [-0.15, -0.1) is 12.4 Å². The topological polar surface area (TPSA) is 23.5 Å². The standard InChI is InChI=1S/C8H17NO.ClH/c1-7(2)9(3)8(6-10)4-5-8;/h7,10H,4-6H2,1-3H3;1H. The maximum absolute atomic E-state index is 9.03. The van der Waals surface area contributed by atoms with E-state index < -0.39 is 0 Å². The number of aliphatic hydroxyl groups is 1. The van der Waals surface area contributed by atoms with Crippen molar-refractivity contribution in [1.82, 2.24) is 4.90 Å². The van der Waals surface area contributed by atoms with Crippen LogP contribution in [0.4, 0.5) is 0 Å². The van der Waals surface area contributed by atoms with Crippen LogP contribution in [0.5, 0.6) is 0 Å². The minimum Gasteiger partial charge on any atom is -0.394 e. The Bertz CT molecular complexity index is 123. The summed E-state index contributed by atoms with van der Waals surface area (Å²) in [6, 6.07) is 0.551. The highest BCUT2D eigenvalue weighted by Crippen LogP contribution is 2.41. The molecule has 0 bridgehead atoms. The molecule has 0 saturated heterocycles. The number of hydrogen-bond acceptors (Lipinski definition) is 2. The number of nitrogens with zero attached hydrogens (tertiary/aromatic N) is 1. The zero-order chi connectivity index (χ0) is 7.78. The van der Waals surface area contributed by atoms with Crippen LogP contribution in [0.2, 0.25) is 0 Å². The highest BCUT2D eigenvalue weighted by molar-refractivity contribution is 5.85. The first-order valence-electron chi connectivity index (χ1n) is 3.96. The van der Waals surface area contributed by atoms with E-state index in [9.17, 15) is 0 Å². The molecule has 0 heterocycles. The molecule has 1 N–H and O–H groups in total. The smallest absolute Gasteiger partial charge is 0.0615 e. The zero-order valence-corrected chi connectivity index (χ0v) is 8.32. The molecule has 2 nitrogen and oxygen atoms in total. The summed E-state index contributed by atoms with van der Waals surface area (Å²) in [6.07, 6.45) is 2.33. The number of aliphatic hydroxyl groups excluding tert-OH is 1. The van der Waals surface area contributed by atoms with Gasteiger partial charge in [0.05, 0.1) is 6.61 Å². The second-order valence-corrected chi connectivity index (χ2v) is 3.59. The zero-order valence-electron chi connectivity index (χ0n) is 7.50. The minimum atomic E-state index is 0. The summed E-state index contributed by atoms with van der Waals surface area (Å²) in [6.45, 7) is 4.65. The molecular formula is C8H18ClNO. The van der Waals surface area contributed by atoms with Crippen LogP contribution in [-0.4, -0.2) is 35.2 Å². The van der Waals surface area contributed by atoms with E-state index in [0.717, 1.165) is 12.8 Å². The molecule has 0 unspecified atom stereocenters. The van der Waals surface area contributed by atoms with Gasteiger partial charge in [-0.25, -0.2) is 0 Å². The predicted octanol–water partition coefficient (Wildman–Crippen LogP) is 1.27. The van der Waals surface area contributed by atoms with Crippen LogP contribution >= 0.6 is 12.4 Å². The van der Waals surface area contributed by atoms with Gasteiger partial charge in [-0.2, -0.15) is 0 Å². The normalized spacial score (nSPS) is 20.2. The summed E-state index contributed by atoms with van der Waals surface area (Å²) in [5.74, 6) is 0. The first-order chi connectivity index (χ1) is 4.62. The fourth-order valence-corrected chi connectivity index (χ4v) is 1.31. The van der Waals surface area contributed by atoms with Crippen molar-refractivity contribution in [1.29, 1.82) is 0 Å². The monoisotopic (exact) mass is 179 g/mol. The van der Waals surface area contributed by atoms with Crippen LogP contribution < -0.4 is 0 Å². The molecule has 1 rings (SSSR count). The molecule has 0 aromatic rings. The Morgan fingerprint density at radius 3 is 2.00 bits per heavy atom. The molecule has 1 fully saturated rings. The maximum atomic E-state index is 9.03. The molecule has 1 aliphatic rings. The first kappa shape index (κ1) is 11.2. The molecule has 0 amide bonds. The van der Waals surface area contributed by atoms with E-state index in [2.05, 4.69) is 25.8 Å². The second-order valence-electron chi connectivity index (χ2n) is 3.59. The first-order valence-corrected chi connectivity index (χ1v) is 3.96. The third kappa shape index (κ3) is 2.08. The van der Waals surface area contributed by atoms with Crippen LogP contribution in [-0.2, 0) is 0 Å². The van der Waals surface area contributed by atoms with Crippen LogP contribution in [0, 0.1) is 0 Å². The van der Waals surface area contributed by atoms with Crippen molar-refractivity contribution in [2.24, 2.45) is 0 Å². The van der Waals surface area contributed by atoms with Crippen molar-refractivity contribution >= 4 is 12.4 Å². The Morgan fingerprint density at radius 1 is 1.45 bits per heavy atom. The van der Waals surface area contributed by atoms with Gasteiger partial charge < -0.3 is 5.11 Å². The average molecular weight is 180 g/mol. The van der Waals surface area contributed by atoms with Gasteiger partial charge in [-0.1, -0.05) is 0 Å². The van der Waals surface area contributed by atoms with E-state index in [1.54, 1.807) is 0 Å². The van der Waals surface area contributed by atoms with Gasteiger partial charge in [-0.3, -0.25) is 4.90 Å². The molecule has 0 radical (unpaired) electrons. The summed E-state index contributed by atoms with van der Waals surface area (Å²) >= 11 is 0. The fraction of sp³-hybridized carbons (Fsp3) is 1.00. The third-order valence-electron chi connectivity index (χ3n) is 2.64. The average Bonchev–Trinajstić information content (AvgIpc) is 2.66. The van der Waals surface area contributed by atoms with Crippen molar-refractivity contribution < 1.29 is 5.11 Å². The van der Waals surface area contributed by atoms with Crippen LogP contribution in [0.25, 0.3) is 0 Å². The Balaban J connectivity index is 0.000001000. The van der Waals surface area contributed by atoms with Crippen molar-refractivity contribution in [2.75, 3.05) is 13.7 Å². The van der Waals surface area contributed by atoms with Crippen LogP contribution in [0.15, 0.2) is 0 Å². The lowest BCUT2D eigenvalue weighted by atomic mass is 10.2. The third-order valence-corrected chi connectivity index (χ3v) is 2.64.